The summed E-state index contributed by atoms with van der Waals surface area (Å²) in [5, 5.41) is 25.8. The van der Waals surface area contributed by atoms with Gasteiger partial charge in [0.25, 0.3) is 0 Å². The van der Waals surface area contributed by atoms with E-state index in [2.05, 4.69) is 53.4 Å². The number of imide groups is 1. The highest BCUT2D eigenvalue weighted by molar-refractivity contribution is 7.99. The van der Waals surface area contributed by atoms with Crippen molar-refractivity contribution in [3.63, 3.8) is 0 Å². The summed E-state index contributed by atoms with van der Waals surface area (Å²) < 4.78 is 51.5. The molecule has 3 aromatic rings. The van der Waals surface area contributed by atoms with Gasteiger partial charge in [-0.3, -0.25) is 33.7 Å². The van der Waals surface area contributed by atoms with Crippen LogP contribution in [0.25, 0.3) is 11.1 Å². The van der Waals surface area contributed by atoms with Crippen LogP contribution in [0.3, 0.4) is 0 Å². The molecule has 0 spiro atoms. The lowest BCUT2D eigenvalue weighted by molar-refractivity contribution is -0.142. The summed E-state index contributed by atoms with van der Waals surface area (Å²) in [6.07, 6.45) is 3.19. The van der Waals surface area contributed by atoms with Crippen molar-refractivity contribution in [1.29, 1.82) is 0 Å². The van der Waals surface area contributed by atoms with Crippen LogP contribution >= 0.6 is 11.8 Å². The second-order valence-electron chi connectivity index (χ2n) is 19.3. The number of halogens is 2. The van der Waals surface area contributed by atoms with Gasteiger partial charge < -0.3 is 55.4 Å². The first-order valence-electron chi connectivity index (χ1n) is 27.1. The summed E-state index contributed by atoms with van der Waals surface area (Å²) >= 11 is 1.19. The minimum Gasteiger partial charge on any atom is -0.480 e. The number of carboxylic acid groups (broad SMARTS) is 2. The average Bonchev–Trinajstić information content (AvgIpc) is 3.99. The van der Waals surface area contributed by atoms with Crippen LogP contribution < -0.4 is 21.7 Å². The molecule has 22 heteroatoms. The highest BCUT2D eigenvalue weighted by atomic mass is 32.2. The molecule has 1 saturated heterocycles. The maximum absolute atomic E-state index is 14.2. The van der Waals surface area contributed by atoms with Crippen molar-refractivity contribution in [3.05, 3.63) is 83.7 Å². The van der Waals surface area contributed by atoms with Crippen molar-refractivity contribution < 1.29 is 71.5 Å². The van der Waals surface area contributed by atoms with Gasteiger partial charge in [-0.15, -0.1) is 0 Å². The Morgan fingerprint density at radius 3 is 1.92 bits per heavy atom. The van der Waals surface area contributed by atoms with Crippen LogP contribution in [-0.2, 0) is 65.5 Å². The Morgan fingerprint density at radius 1 is 0.759 bits per heavy atom. The molecule has 0 bridgehead atoms. The number of rotatable bonds is 34. The van der Waals surface area contributed by atoms with Gasteiger partial charge in [0.1, 0.15) is 23.7 Å². The van der Waals surface area contributed by atoms with Crippen LogP contribution in [0.1, 0.15) is 106 Å². The van der Waals surface area contributed by atoms with Crippen LogP contribution in [0.4, 0.5) is 8.78 Å². The lowest BCUT2D eigenvalue weighted by atomic mass is 9.90. The lowest BCUT2D eigenvalue weighted by Crippen LogP contribution is -2.41. The minimum atomic E-state index is -1.19. The van der Waals surface area contributed by atoms with E-state index in [1.54, 1.807) is 0 Å². The minimum absolute atomic E-state index is 0.0377. The summed E-state index contributed by atoms with van der Waals surface area (Å²) in [5.41, 5.74) is 8.78. The second-order valence-corrected chi connectivity index (χ2v) is 20.4. The summed E-state index contributed by atoms with van der Waals surface area (Å²) in [6, 6.07) is 13.6. The zero-order chi connectivity index (χ0) is 59.3. The summed E-state index contributed by atoms with van der Waals surface area (Å²) in [4.78, 5) is 83.5. The van der Waals surface area contributed by atoms with Gasteiger partial charge in [-0.2, -0.15) is 11.8 Å². The molecule has 1 fully saturated rings. The van der Waals surface area contributed by atoms with Gasteiger partial charge in [0, 0.05) is 74.4 Å². The second kappa shape index (κ2) is 40.4. The quantitative estimate of drug-likeness (QED) is 0.0268. The zero-order valence-electron chi connectivity index (χ0n) is 47.7. The zero-order valence-corrected chi connectivity index (χ0v) is 48.6. The maximum atomic E-state index is 14.2. The third kappa shape index (κ3) is 30.4. The van der Waals surface area contributed by atoms with Gasteiger partial charge in [-0.25, -0.2) is 13.6 Å². The molecule has 19 nitrogen and oxygen atoms in total. The van der Waals surface area contributed by atoms with Gasteiger partial charge in [0.2, 0.25) is 29.5 Å². The molecule has 7 N–H and O–H groups in total. The fraction of sp³-hybridized carbons (Fsp3) is 0.596. The largest absolute Gasteiger partial charge is 0.480 e. The first kappa shape index (κ1) is 71.2. The number of nitrogens with zero attached hydrogens (tertiary/aromatic N) is 2. The van der Waals surface area contributed by atoms with Gasteiger partial charge >= 0.3 is 11.9 Å². The number of likely N-dealkylation sites (tertiary alicyclic amines) is 1. The first-order valence-corrected chi connectivity index (χ1v) is 28.3. The lowest BCUT2D eigenvalue weighted by Gasteiger charge is -2.19. The number of aliphatic carboxylic acids is 2. The van der Waals surface area contributed by atoms with E-state index in [-0.39, 0.29) is 118 Å². The SMILES string of the molecule is CC.CC.CC(C)(C)Cc1cc(-c2cc(F)ccc2F)cn1Cc1ccccc1.CC(C)C1CC(=O)N(CCC(=O)NCCOCCOCCOCCOCCC(=O)NC(CCSCC(=O)NCC[C@H](N)C(=O)O)C(=O)O)C1=O. The molecule has 3 atom stereocenters. The van der Waals surface area contributed by atoms with Crippen LogP contribution in [0.15, 0.2) is 60.8 Å². The summed E-state index contributed by atoms with van der Waals surface area (Å²) in [6.45, 7) is 21.7. The van der Waals surface area contributed by atoms with Crippen LogP contribution in [-0.4, -0.2) is 157 Å². The molecule has 0 aliphatic carbocycles. The molecule has 0 radical (unpaired) electrons. The molecule has 2 aromatic carbocycles. The molecule has 1 aliphatic rings. The fourth-order valence-electron chi connectivity index (χ4n) is 7.43. The molecular formula is C57H88F2N6O13S. The Hall–Kier alpha value is -5.78. The Morgan fingerprint density at radius 2 is 1.35 bits per heavy atom. The number of ether oxygens (including phenoxy) is 4. The van der Waals surface area contributed by atoms with E-state index in [1.807, 2.05) is 72.0 Å². The van der Waals surface area contributed by atoms with Crippen molar-refractivity contribution in [1.82, 2.24) is 25.4 Å². The van der Waals surface area contributed by atoms with Gasteiger partial charge in [-0.1, -0.05) is 92.6 Å². The predicted octanol–water partition coefficient (Wildman–Crippen LogP) is 6.71. The highest BCUT2D eigenvalue weighted by Gasteiger charge is 2.39. The number of aromatic nitrogens is 1. The van der Waals surface area contributed by atoms with Gasteiger partial charge in [-0.05, 0) is 66.2 Å². The Labute approximate surface area is 469 Å². The molecule has 2 heterocycles. The number of nitrogens with one attached hydrogen (secondary N) is 3. The van der Waals surface area contributed by atoms with Crippen LogP contribution in [0.5, 0.6) is 0 Å². The predicted molar refractivity (Wildman–Crippen MR) is 301 cm³/mol. The molecule has 444 valence electrons. The topological polar surface area (TPSA) is 267 Å². The van der Waals surface area contributed by atoms with Crippen molar-refractivity contribution >= 4 is 53.2 Å². The van der Waals surface area contributed by atoms with Crippen molar-refractivity contribution in [3.8, 4) is 11.1 Å². The number of carbonyl (C=O) groups excluding carboxylic acids is 5. The number of benzene rings is 2. The van der Waals surface area contributed by atoms with Gasteiger partial charge in [0.05, 0.1) is 58.6 Å². The maximum Gasteiger partial charge on any atom is 0.326 e. The summed E-state index contributed by atoms with van der Waals surface area (Å²) in [5.74, 6) is -4.57. The molecule has 1 aromatic heterocycles. The number of hydrogen-bond donors (Lipinski definition) is 6. The standard InChI is InChI=1S/C31H53N5O13S.C22H23F2N.2C2H6/c1-21(2)22-19-28(40)36(29(22)41)9-4-25(37)34-8-11-47-13-15-49-17-16-48-14-12-46-10-5-26(38)35-24(31(44)45)6-18-50-20-27(39)33-7-3-23(32)30(42)43;1-22(2,3)13-19-11-17(20-12-18(23)9-10-21(20)24)15-25(19)14-16-7-5-4-6-8-16;2*1-2/h21-24H,3-20,32H2,1-2H3,(H,33,39)(H,34,37)(H,35,38)(H,42,43)(H,44,45);4-12,15H,13-14H2,1-3H3;2*1-2H3/t22?,23-,24?;;;/m0.../s1. The smallest absolute Gasteiger partial charge is 0.326 e. The van der Waals surface area contributed by atoms with Crippen LogP contribution in [0.2, 0.25) is 0 Å². The summed E-state index contributed by atoms with van der Waals surface area (Å²) in [7, 11) is 0. The molecule has 0 saturated carbocycles. The highest BCUT2D eigenvalue weighted by Crippen LogP contribution is 2.30. The number of thioether (sulfide) groups is 1. The van der Waals surface area contributed by atoms with E-state index < -0.39 is 41.6 Å². The number of nitrogens with two attached hydrogens (primary N) is 1. The average molecular weight is 1140 g/mol. The fourth-order valence-corrected chi connectivity index (χ4v) is 8.26. The molecule has 1 aliphatic heterocycles. The number of hydrogen-bond acceptors (Lipinski definition) is 13. The molecule has 79 heavy (non-hydrogen) atoms. The van der Waals surface area contributed by atoms with E-state index in [0.717, 1.165) is 18.2 Å². The monoisotopic (exact) mass is 1130 g/mol. The normalized spacial score (nSPS) is 13.7. The van der Waals surface area contributed by atoms with Gasteiger partial charge in [0.15, 0.2) is 0 Å². The third-order valence-corrected chi connectivity index (χ3v) is 12.4. The van der Waals surface area contributed by atoms with E-state index in [9.17, 15) is 47.4 Å². The van der Waals surface area contributed by atoms with E-state index in [0.29, 0.717) is 56.4 Å². The van der Waals surface area contributed by atoms with Crippen LogP contribution in [0, 0.1) is 28.9 Å². The van der Waals surface area contributed by atoms with E-state index in [4.69, 9.17) is 29.8 Å². The molecule has 5 amide bonds. The molecule has 2 unspecified atom stereocenters. The van der Waals surface area contributed by atoms with E-state index >= 15 is 0 Å². The van der Waals surface area contributed by atoms with Crippen molar-refractivity contribution in [2.24, 2.45) is 23.0 Å². The number of amides is 5. The third-order valence-electron chi connectivity index (χ3n) is 11.4. The Kier molecular flexibility index (Phi) is 36.4. The Balaban J connectivity index is 0.000000889. The Bertz CT molecular complexity index is 2280. The number of carbonyl (C=O) groups is 7. The van der Waals surface area contributed by atoms with Crippen molar-refractivity contribution in [2.45, 2.75) is 119 Å². The molecular weight excluding hydrogens is 1050 g/mol. The van der Waals surface area contributed by atoms with Crippen molar-refractivity contribution in [2.75, 3.05) is 84.0 Å². The van der Waals surface area contributed by atoms with E-state index in [1.165, 1.54) is 34.4 Å². The first-order chi connectivity index (χ1) is 37.6. The molecule has 4 rings (SSSR count). The number of carboxylic acids is 2.